The fourth-order valence-electron chi connectivity index (χ4n) is 3.29. The van der Waals surface area contributed by atoms with Crippen LogP contribution in [0.2, 0.25) is 0 Å². The number of carbonyl (C=O) groups excluding carboxylic acids is 2. The van der Waals surface area contributed by atoms with E-state index in [0.29, 0.717) is 21.7 Å². The molecule has 0 radical (unpaired) electrons. The first-order valence-electron chi connectivity index (χ1n) is 10.9. The fraction of sp³-hybridized carbons (Fsp3) is 0.120. The van der Waals surface area contributed by atoms with E-state index in [1.165, 1.54) is 18.2 Å². The van der Waals surface area contributed by atoms with Crippen LogP contribution in [0.5, 0.6) is 11.5 Å². The van der Waals surface area contributed by atoms with Crippen molar-refractivity contribution in [2.45, 2.75) is 19.8 Å². The summed E-state index contributed by atoms with van der Waals surface area (Å²) in [7, 11) is 0. The second-order valence-corrected chi connectivity index (χ2v) is 9.50. The van der Waals surface area contributed by atoms with Gasteiger partial charge in [-0.2, -0.15) is 5.10 Å². The zero-order chi connectivity index (χ0) is 27.3. The number of nitrogens with one attached hydrogen (secondary N) is 2. The third-order valence-electron chi connectivity index (χ3n) is 5.10. The smallest absolute Gasteiger partial charge is 0.506 e. The predicted octanol–water partition coefficient (Wildman–Crippen LogP) is 5.56. The molecule has 2 amide bonds. The second-order valence-electron chi connectivity index (χ2n) is 7.70. The van der Waals surface area contributed by atoms with Crippen molar-refractivity contribution in [3.63, 3.8) is 0 Å². The van der Waals surface area contributed by atoms with Crippen LogP contribution in [0.3, 0.4) is 0 Å². The van der Waals surface area contributed by atoms with E-state index < -0.39 is 18.2 Å². The van der Waals surface area contributed by atoms with Crippen LogP contribution in [0.1, 0.15) is 38.2 Å². The van der Waals surface area contributed by atoms with E-state index in [1.54, 1.807) is 42.1 Å². The number of rotatable bonds is 8. The number of pyridine rings is 1. The summed E-state index contributed by atoms with van der Waals surface area (Å²) in [6.45, 7) is 1.77. The van der Waals surface area contributed by atoms with Crippen LogP contribution >= 0.6 is 22.7 Å². The van der Waals surface area contributed by atoms with Crippen molar-refractivity contribution in [2.24, 2.45) is 5.10 Å². The molecule has 0 bridgehead atoms. The molecule has 0 unspecified atom stereocenters. The number of halogens is 3. The van der Waals surface area contributed by atoms with E-state index in [0.717, 1.165) is 34.8 Å². The molecule has 0 saturated heterocycles. The number of alkyl halides is 3. The van der Waals surface area contributed by atoms with Crippen molar-refractivity contribution in [2.75, 3.05) is 0 Å². The van der Waals surface area contributed by atoms with Gasteiger partial charge in [0.1, 0.15) is 16.4 Å². The Balaban J connectivity index is 1.42. The van der Waals surface area contributed by atoms with Crippen LogP contribution in [-0.4, -0.2) is 34.0 Å². The van der Waals surface area contributed by atoms with E-state index in [-0.39, 0.29) is 34.2 Å². The molecule has 0 aliphatic heterocycles. The average Bonchev–Trinajstić information content (AvgIpc) is 3.53. The summed E-state index contributed by atoms with van der Waals surface area (Å²) in [5, 5.41) is 20.7. The van der Waals surface area contributed by atoms with Gasteiger partial charge in [-0.05, 0) is 60.3 Å². The van der Waals surface area contributed by atoms with Crippen molar-refractivity contribution in [1.29, 1.82) is 0 Å². The minimum absolute atomic E-state index is 0.139. The summed E-state index contributed by atoms with van der Waals surface area (Å²) in [5.41, 5.74) is 4.30. The van der Waals surface area contributed by atoms with E-state index in [9.17, 15) is 27.9 Å². The van der Waals surface area contributed by atoms with Gasteiger partial charge in [-0.3, -0.25) is 14.6 Å². The number of hydrogen-bond acceptors (Lipinski definition) is 8. The quantitative estimate of drug-likeness (QED) is 0.193. The number of benzene rings is 1. The number of aromatic hydroxyl groups is 1. The van der Waals surface area contributed by atoms with E-state index in [1.807, 2.05) is 0 Å². The molecule has 3 aromatic heterocycles. The topological polar surface area (TPSA) is 113 Å². The standard InChI is InChI=1S/C25H19F3N4O4S2/c1-14(19-13-38-21(20(19)33)15-5-7-17(8-6-15)36-25(26,27)28)31-32-23(34)18-9-11-37-22(18)24(35)30-12-16-4-2-3-10-29-16/h2-11,13,33H,12H2,1H3,(H,30,35)(H,32,34). The monoisotopic (exact) mass is 560 g/mol. The molecule has 38 heavy (non-hydrogen) atoms. The molecule has 0 spiro atoms. The van der Waals surface area contributed by atoms with E-state index in [4.69, 9.17) is 0 Å². The van der Waals surface area contributed by atoms with E-state index >= 15 is 0 Å². The average molecular weight is 561 g/mol. The maximum absolute atomic E-state index is 12.7. The number of nitrogens with zero attached hydrogens (tertiary/aromatic N) is 2. The number of ether oxygens (including phenoxy) is 1. The summed E-state index contributed by atoms with van der Waals surface area (Å²) >= 11 is 2.26. The highest BCUT2D eigenvalue weighted by Crippen LogP contribution is 2.39. The molecule has 0 aliphatic carbocycles. The van der Waals surface area contributed by atoms with Gasteiger partial charge in [0, 0.05) is 11.6 Å². The van der Waals surface area contributed by atoms with Crippen LogP contribution in [-0.2, 0) is 6.54 Å². The molecular weight excluding hydrogens is 541 g/mol. The van der Waals surface area contributed by atoms with Crippen LogP contribution in [0, 0.1) is 0 Å². The first-order chi connectivity index (χ1) is 18.1. The van der Waals surface area contributed by atoms with Gasteiger partial charge in [0.15, 0.2) is 0 Å². The minimum Gasteiger partial charge on any atom is -0.506 e. The van der Waals surface area contributed by atoms with Crippen molar-refractivity contribution in [1.82, 2.24) is 15.7 Å². The highest BCUT2D eigenvalue weighted by molar-refractivity contribution is 7.14. The lowest BCUT2D eigenvalue weighted by Gasteiger charge is -2.09. The lowest BCUT2D eigenvalue weighted by molar-refractivity contribution is -0.274. The number of aromatic nitrogens is 1. The molecule has 4 rings (SSSR count). The van der Waals surface area contributed by atoms with Crippen molar-refractivity contribution < 1.29 is 32.6 Å². The Morgan fingerprint density at radius 3 is 2.50 bits per heavy atom. The Morgan fingerprint density at radius 2 is 1.82 bits per heavy atom. The summed E-state index contributed by atoms with van der Waals surface area (Å²) < 4.78 is 41.0. The highest BCUT2D eigenvalue weighted by atomic mass is 32.1. The largest absolute Gasteiger partial charge is 0.573 e. The highest BCUT2D eigenvalue weighted by Gasteiger charge is 2.31. The number of carbonyl (C=O) groups is 2. The number of hydrazone groups is 1. The maximum atomic E-state index is 12.7. The maximum Gasteiger partial charge on any atom is 0.573 e. The molecule has 4 aromatic rings. The number of thiophene rings is 2. The van der Waals surface area contributed by atoms with Gasteiger partial charge in [0.2, 0.25) is 0 Å². The first-order valence-corrected chi connectivity index (χ1v) is 12.7. The summed E-state index contributed by atoms with van der Waals surface area (Å²) in [6.07, 6.45) is -3.19. The minimum atomic E-state index is -4.80. The van der Waals surface area contributed by atoms with Crippen LogP contribution in [0.15, 0.2) is 70.6 Å². The van der Waals surface area contributed by atoms with Crippen molar-refractivity contribution in [3.05, 3.63) is 87.2 Å². The molecule has 13 heteroatoms. The van der Waals surface area contributed by atoms with Crippen LogP contribution in [0.25, 0.3) is 10.4 Å². The molecule has 1 aromatic carbocycles. The van der Waals surface area contributed by atoms with Gasteiger partial charge in [-0.1, -0.05) is 6.07 Å². The molecule has 3 heterocycles. The van der Waals surface area contributed by atoms with Crippen molar-refractivity contribution >= 4 is 40.2 Å². The predicted molar refractivity (Wildman–Crippen MR) is 138 cm³/mol. The molecule has 0 atom stereocenters. The van der Waals surface area contributed by atoms with Crippen LogP contribution < -0.4 is 15.5 Å². The lowest BCUT2D eigenvalue weighted by Crippen LogP contribution is -2.26. The first kappa shape index (κ1) is 26.8. The Kier molecular flexibility index (Phi) is 8.08. The fourth-order valence-corrected chi connectivity index (χ4v) is 5.11. The van der Waals surface area contributed by atoms with E-state index in [2.05, 4.69) is 25.6 Å². The summed E-state index contributed by atoms with van der Waals surface area (Å²) in [4.78, 5) is 30.1. The summed E-state index contributed by atoms with van der Waals surface area (Å²) in [6, 6.07) is 11.9. The SMILES string of the molecule is CC(=NNC(=O)c1ccsc1C(=O)NCc1ccccn1)c1csc(-c2ccc(OC(F)(F)F)cc2)c1O. The van der Waals surface area contributed by atoms with Gasteiger partial charge < -0.3 is 15.2 Å². The Morgan fingerprint density at radius 1 is 1.05 bits per heavy atom. The van der Waals surface area contributed by atoms with Gasteiger partial charge in [0.05, 0.1) is 34.0 Å². The third-order valence-corrected chi connectivity index (χ3v) is 7.03. The molecule has 0 fully saturated rings. The second kappa shape index (κ2) is 11.4. The molecule has 0 aliphatic rings. The van der Waals surface area contributed by atoms with Crippen LogP contribution in [0.4, 0.5) is 13.2 Å². The van der Waals surface area contributed by atoms with Crippen molar-refractivity contribution in [3.8, 4) is 21.9 Å². The molecule has 8 nitrogen and oxygen atoms in total. The molecule has 3 N–H and O–H groups in total. The zero-order valence-electron chi connectivity index (χ0n) is 19.6. The lowest BCUT2D eigenvalue weighted by atomic mass is 10.1. The Hall–Kier alpha value is -4.23. The normalized spacial score (nSPS) is 11.7. The number of amides is 2. The summed E-state index contributed by atoms with van der Waals surface area (Å²) in [5.74, 6) is -1.55. The molecular formula is C25H19F3N4O4S2. The molecule has 0 saturated carbocycles. The third kappa shape index (κ3) is 6.55. The van der Waals surface area contributed by atoms with Gasteiger partial charge >= 0.3 is 6.36 Å². The van der Waals surface area contributed by atoms with Gasteiger partial charge in [-0.15, -0.1) is 35.8 Å². The Labute approximate surface area is 222 Å². The Bertz CT molecular complexity index is 1470. The van der Waals surface area contributed by atoms with Gasteiger partial charge in [-0.25, -0.2) is 5.43 Å². The molecule has 196 valence electrons. The zero-order valence-corrected chi connectivity index (χ0v) is 21.2. The number of hydrogen-bond donors (Lipinski definition) is 3. The van der Waals surface area contributed by atoms with Gasteiger partial charge in [0.25, 0.3) is 11.8 Å².